The van der Waals surface area contributed by atoms with Crippen molar-refractivity contribution < 1.29 is 90.5 Å². The van der Waals surface area contributed by atoms with E-state index in [1.807, 2.05) is 126 Å². The van der Waals surface area contributed by atoms with Gasteiger partial charge in [-0.25, -0.2) is 19.2 Å². The Kier molecular flexibility index (Phi) is 51.9. The molecule has 5 rings (SSSR count). The summed E-state index contributed by atoms with van der Waals surface area (Å²) in [5.74, 6) is -2.82. The number of esters is 4. The Morgan fingerprint density at radius 3 is 1.05 bits per heavy atom. The molecule has 1 aliphatic heterocycles. The summed E-state index contributed by atoms with van der Waals surface area (Å²) in [5, 5.41) is 2.78. The van der Waals surface area contributed by atoms with Gasteiger partial charge in [0.15, 0.2) is 24.6 Å². The predicted octanol–water partition coefficient (Wildman–Crippen LogP) is 18.7. The van der Waals surface area contributed by atoms with Crippen molar-refractivity contribution >= 4 is 54.2 Å². The molecule has 1 aliphatic rings. The van der Waals surface area contributed by atoms with Crippen molar-refractivity contribution in [3.8, 4) is 0 Å². The number of amides is 5. The number of benzene rings is 4. The minimum Gasteiger partial charge on any atom is -0.463 e. The van der Waals surface area contributed by atoms with Crippen LogP contribution >= 0.6 is 0 Å². The highest BCUT2D eigenvalue weighted by atomic mass is 16.7. The van der Waals surface area contributed by atoms with Gasteiger partial charge in [-0.15, -0.1) is 0 Å². The summed E-state index contributed by atoms with van der Waals surface area (Å²) in [4.78, 5) is 125. The number of rotatable bonds is 62. The largest absolute Gasteiger partial charge is 0.463 e. The molecule has 0 radical (unpaired) electrons. The van der Waals surface area contributed by atoms with Crippen molar-refractivity contribution in [2.24, 2.45) is 0 Å². The van der Waals surface area contributed by atoms with Gasteiger partial charge < -0.3 is 67.4 Å². The number of hydrogen-bond acceptors (Lipinski definition) is 19. The summed E-state index contributed by atoms with van der Waals surface area (Å²) in [6.45, 7) is 9.74. The van der Waals surface area contributed by atoms with Gasteiger partial charge in [0, 0.05) is 86.7 Å². The van der Waals surface area contributed by atoms with E-state index in [2.05, 4.69) is 12.2 Å². The molecule has 1 saturated heterocycles. The molecule has 0 unspecified atom stereocenters. The summed E-state index contributed by atoms with van der Waals surface area (Å²) >= 11 is 0. The SMILES string of the molecule is CCCCCCCCCCCCCCCCCCN(CCCCCCCCCCCCCCCO[C@@H]1O[C@H](COC(C)=O)[C@H](OC(C)=O)[C@H](OC(C)=O)[C@H]1OC(C)=O)C(=O)CN(CCCN(CCCCN(CCCNC(=O)OCc1ccccc1)C(=O)OCc1ccccc1)C(=O)OCc1ccccc1)C(=O)OCc1ccccc1. The molecule has 1 N–H and O–H groups in total. The molecule has 115 heavy (non-hydrogen) atoms. The first-order valence-electron chi connectivity index (χ1n) is 43.0. The first-order chi connectivity index (χ1) is 56.0. The van der Waals surface area contributed by atoms with Gasteiger partial charge in [0.05, 0.1) is 0 Å². The average molecular weight is 1610 g/mol. The highest BCUT2D eigenvalue weighted by Gasteiger charge is 2.53. The molecule has 24 nitrogen and oxygen atoms in total. The van der Waals surface area contributed by atoms with Gasteiger partial charge in [-0.3, -0.25) is 28.9 Å². The summed E-state index contributed by atoms with van der Waals surface area (Å²) in [6, 6.07) is 37.7. The maximum Gasteiger partial charge on any atom is 0.410 e. The Labute approximate surface area is 685 Å². The second-order valence-electron chi connectivity index (χ2n) is 30.1. The molecule has 24 heteroatoms. The normalized spacial score (nSPS) is 15.0. The van der Waals surface area contributed by atoms with Crippen LogP contribution in [0.5, 0.6) is 0 Å². The molecule has 5 amide bonds. The number of nitrogens with one attached hydrogen (secondary N) is 1. The zero-order chi connectivity index (χ0) is 82.6. The fraction of sp³-hybridized carbons (Fsp3) is 0.637. The van der Waals surface area contributed by atoms with Crippen LogP contribution in [-0.2, 0) is 97.8 Å². The zero-order valence-corrected chi connectivity index (χ0v) is 69.9. The fourth-order valence-corrected chi connectivity index (χ4v) is 13.9. The van der Waals surface area contributed by atoms with Gasteiger partial charge in [0.1, 0.15) is 45.7 Å². The van der Waals surface area contributed by atoms with Gasteiger partial charge in [-0.05, 0) is 67.2 Å². The Hall–Kier alpha value is -8.77. The number of alkyl carbamates (subject to hydrolysis) is 1. The molecule has 0 saturated carbocycles. The van der Waals surface area contributed by atoms with Crippen molar-refractivity contribution in [3.63, 3.8) is 0 Å². The predicted molar refractivity (Wildman–Crippen MR) is 442 cm³/mol. The standard InChI is InChI=1S/C91H137N5O19/c1-6-7-8-9-10-11-12-13-14-15-17-20-23-26-29-44-60-93(61-45-30-27-24-21-18-16-19-22-25-28-31-48-67-106-87-86(114-77(5)100)85(113-76(4)99)84(112-75(3)98)82(115-87)73-107-74(2)97)83(101)68-96(91(105)111-72-81-57-42-35-43-58-81)66-50-65-95(90(104)110-71-80-55-40-34-41-56-80)63-47-46-62-94(89(103)109-70-79-53-38-33-39-54-79)64-49-59-92-88(102)108-69-78-51-36-32-37-52-78/h32-43,51-58,82,84-87H,6-31,44-50,59-73H2,1-5H3,(H,92,102)/t82-,84+,85+,86-,87-/m1/s1. The minimum absolute atomic E-state index is 0.0238. The first-order valence-corrected chi connectivity index (χ1v) is 43.0. The Balaban J connectivity index is 1.14. The van der Waals surface area contributed by atoms with Crippen LogP contribution in [0.2, 0.25) is 0 Å². The average Bonchev–Trinajstić information content (AvgIpc) is 0.785. The molecule has 0 bridgehead atoms. The van der Waals surface area contributed by atoms with E-state index in [-0.39, 0.29) is 78.3 Å². The summed E-state index contributed by atoms with van der Waals surface area (Å²) in [7, 11) is 0. The smallest absolute Gasteiger partial charge is 0.410 e. The van der Waals surface area contributed by atoms with E-state index >= 15 is 0 Å². The molecule has 0 spiro atoms. The van der Waals surface area contributed by atoms with Gasteiger partial charge >= 0.3 is 48.3 Å². The van der Waals surface area contributed by atoms with E-state index in [0.29, 0.717) is 58.3 Å². The monoisotopic (exact) mass is 1600 g/mol. The van der Waals surface area contributed by atoms with Crippen LogP contribution in [0.1, 0.15) is 269 Å². The summed E-state index contributed by atoms with van der Waals surface area (Å²) < 4.78 is 56.9. The molecule has 4 aromatic carbocycles. The number of ether oxygens (including phenoxy) is 10. The van der Waals surface area contributed by atoms with Crippen LogP contribution in [0, 0.1) is 0 Å². The quantitative estimate of drug-likeness (QED) is 0.0244. The van der Waals surface area contributed by atoms with Crippen LogP contribution in [0.25, 0.3) is 0 Å². The van der Waals surface area contributed by atoms with Crippen molar-refractivity contribution in [2.75, 3.05) is 72.1 Å². The van der Waals surface area contributed by atoms with Gasteiger partial charge in [-0.1, -0.05) is 295 Å². The maximum absolute atomic E-state index is 14.8. The third-order valence-corrected chi connectivity index (χ3v) is 20.2. The van der Waals surface area contributed by atoms with E-state index in [1.54, 1.807) is 9.80 Å². The molecule has 4 aromatic rings. The second kappa shape index (κ2) is 61.6. The van der Waals surface area contributed by atoms with E-state index in [9.17, 15) is 43.2 Å². The highest BCUT2D eigenvalue weighted by Crippen LogP contribution is 2.31. The van der Waals surface area contributed by atoms with Crippen LogP contribution in [0.3, 0.4) is 0 Å². The molecule has 1 fully saturated rings. The Morgan fingerprint density at radius 1 is 0.330 bits per heavy atom. The van der Waals surface area contributed by atoms with Gasteiger partial charge in [0.25, 0.3) is 0 Å². The molecule has 0 aromatic heterocycles. The zero-order valence-electron chi connectivity index (χ0n) is 69.9. The summed E-state index contributed by atoms with van der Waals surface area (Å²) in [6.07, 6.45) is 26.7. The molecule has 640 valence electrons. The van der Waals surface area contributed by atoms with Crippen LogP contribution in [0.15, 0.2) is 121 Å². The first kappa shape index (κ1) is 96.8. The lowest BCUT2D eigenvalue weighted by Gasteiger charge is -2.44. The van der Waals surface area contributed by atoms with Crippen molar-refractivity contribution in [3.05, 3.63) is 144 Å². The fourth-order valence-electron chi connectivity index (χ4n) is 13.9. The van der Waals surface area contributed by atoms with E-state index in [1.165, 1.54) is 116 Å². The topological polar surface area (TPSA) is 271 Å². The lowest BCUT2D eigenvalue weighted by atomic mass is 9.98. The van der Waals surface area contributed by atoms with Crippen LogP contribution in [-0.4, -0.2) is 177 Å². The molecule has 0 aliphatic carbocycles. The van der Waals surface area contributed by atoms with Crippen molar-refractivity contribution in [1.29, 1.82) is 0 Å². The van der Waals surface area contributed by atoms with E-state index < -0.39 is 79.0 Å². The minimum atomic E-state index is -1.28. The third kappa shape index (κ3) is 45.4. The van der Waals surface area contributed by atoms with E-state index in [4.69, 9.17) is 47.4 Å². The van der Waals surface area contributed by atoms with Crippen LogP contribution in [0.4, 0.5) is 19.2 Å². The number of hydrogen-bond donors (Lipinski definition) is 1. The Bertz CT molecular complexity index is 3280. The number of unbranched alkanes of at least 4 members (excludes halogenated alkanes) is 28. The Morgan fingerprint density at radius 2 is 0.652 bits per heavy atom. The second-order valence-corrected chi connectivity index (χ2v) is 30.1. The van der Waals surface area contributed by atoms with Gasteiger partial charge in [-0.2, -0.15) is 0 Å². The lowest BCUT2D eigenvalue weighted by Crippen LogP contribution is -2.63. The van der Waals surface area contributed by atoms with Crippen molar-refractivity contribution in [1.82, 2.24) is 24.9 Å². The maximum atomic E-state index is 14.8. The number of carbonyl (C=O) groups excluding carboxylic acids is 9. The van der Waals surface area contributed by atoms with Crippen molar-refractivity contribution in [2.45, 2.75) is 304 Å². The molecule has 1 heterocycles. The summed E-state index contributed by atoms with van der Waals surface area (Å²) in [5.41, 5.74) is 3.35. The highest BCUT2D eigenvalue weighted by molar-refractivity contribution is 5.82. The lowest BCUT2D eigenvalue weighted by molar-refractivity contribution is -0.308. The number of carbonyl (C=O) groups is 9. The number of nitrogens with zero attached hydrogens (tertiary/aromatic N) is 4. The van der Waals surface area contributed by atoms with E-state index in [0.717, 1.165) is 119 Å². The molecule has 5 atom stereocenters. The van der Waals surface area contributed by atoms with Gasteiger partial charge in [0.2, 0.25) is 5.91 Å². The molecular weight excluding hydrogens is 1470 g/mol. The third-order valence-electron chi connectivity index (χ3n) is 20.2. The van der Waals surface area contributed by atoms with Crippen LogP contribution < -0.4 is 5.32 Å². The molecular formula is C91H137N5O19.